The molecule has 0 bridgehead atoms. The van der Waals surface area contributed by atoms with Crippen LogP contribution in [-0.2, 0) is 0 Å². The second kappa shape index (κ2) is 10.7. The lowest BCUT2D eigenvalue weighted by molar-refractivity contribution is 0.255. The van der Waals surface area contributed by atoms with Crippen LogP contribution < -0.4 is 0 Å². The third-order valence-electron chi connectivity index (χ3n) is 6.09. The van der Waals surface area contributed by atoms with Gasteiger partial charge in [-0.3, -0.25) is 0 Å². The Bertz CT molecular complexity index is 176. The van der Waals surface area contributed by atoms with Crippen molar-refractivity contribution in [3.05, 3.63) is 0 Å². The highest BCUT2D eigenvalue weighted by Gasteiger charge is 2.19. The van der Waals surface area contributed by atoms with E-state index < -0.39 is 0 Å². The molecular formula is C20H40. The van der Waals surface area contributed by atoms with E-state index >= 15 is 0 Å². The molecule has 2 saturated carbocycles. The monoisotopic (exact) mass is 280 g/mol. The van der Waals surface area contributed by atoms with Crippen molar-refractivity contribution in [2.75, 3.05) is 0 Å². The van der Waals surface area contributed by atoms with Gasteiger partial charge in [0.2, 0.25) is 0 Å². The lowest BCUT2D eigenvalue weighted by Crippen LogP contribution is -2.13. The van der Waals surface area contributed by atoms with Crippen LogP contribution in [0.25, 0.3) is 0 Å². The summed E-state index contributed by atoms with van der Waals surface area (Å²) in [5.74, 6) is 4.27. The van der Waals surface area contributed by atoms with Gasteiger partial charge in [0.05, 0.1) is 0 Å². The molecule has 0 aromatic rings. The van der Waals surface area contributed by atoms with Crippen molar-refractivity contribution in [1.82, 2.24) is 0 Å². The smallest absolute Gasteiger partial charge is 0.0414 e. The van der Waals surface area contributed by atoms with Crippen LogP contribution in [0.4, 0.5) is 0 Å². The zero-order chi connectivity index (χ0) is 14.8. The summed E-state index contributed by atoms with van der Waals surface area (Å²) in [7, 11) is 0. The average Bonchev–Trinajstić information content (AvgIpc) is 2.55. The third-order valence-corrected chi connectivity index (χ3v) is 6.09. The van der Waals surface area contributed by atoms with Gasteiger partial charge in [-0.25, -0.2) is 0 Å². The molecule has 0 spiro atoms. The highest BCUT2D eigenvalue weighted by molar-refractivity contribution is 4.71. The van der Waals surface area contributed by atoms with Gasteiger partial charge >= 0.3 is 0 Å². The van der Waals surface area contributed by atoms with Crippen LogP contribution in [0.5, 0.6) is 0 Å². The lowest BCUT2D eigenvalue weighted by Gasteiger charge is -2.27. The summed E-state index contributed by atoms with van der Waals surface area (Å²) in [5, 5.41) is 0. The van der Waals surface area contributed by atoms with E-state index in [0.717, 1.165) is 23.7 Å². The Balaban J connectivity index is 0.000000200. The first kappa shape index (κ1) is 18.1. The van der Waals surface area contributed by atoms with Gasteiger partial charge in [0.1, 0.15) is 0 Å². The highest BCUT2D eigenvalue weighted by atomic mass is 14.2. The van der Waals surface area contributed by atoms with Crippen LogP contribution in [0.15, 0.2) is 0 Å². The minimum Gasteiger partial charge on any atom is -0.0651 e. The van der Waals surface area contributed by atoms with Crippen molar-refractivity contribution in [3.63, 3.8) is 0 Å². The molecule has 0 radical (unpaired) electrons. The second-order valence-corrected chi connectivity index (χ2v) is 7.43. The highest BCUT2D eigenvalue weighted by Crippen LogP contribution is 2.33. The van der Waals surface area contributed by atoms with Gasteiger partial charge in [-0.1, -0.05) is 91.9 Å². The van der Waals surface area contributed by atoms with E-state index in [1.165, 1.54) is 77.0 Å². The molecule has 20 heavy (non-hydrogen) atoms. The Morgan fingerprint density at radius 1 is 0.500 bits per heavy atom. The Morgan fingerprint density at radius 2 is 0.750 bits per heavy atom. The normalized spacial score (nSPS) is 34.2. The summed E-state index contributed by atoms with van der Waals surface area (Å²) in [6.07, 6.45) is 17.7. The molecular weight excluding hydrogens is 240 g/mol. The summed E-state index contributed by atoms with van der Waals surface area (Å²) in [5.41, 5.74) is 0. The summed E-state index contributed by atoms with van der Waals surface area (Å²) in [4.78, 5) is 0. The van der Waals surface area contributed by atoms with Crippen molar-refractivity contribution < 1.29 is 0 Å². The first-order valence-electron chi connectivity index (χ1n) is 9.73. The molecule has 2 fully saturated rings. The van der Waals surface area contributed by atoms with Crippen LogP contribution in [-0.4, -0.2) is 0 Å². The summed E-state index contributed by atoms with van der Waals surface area (Å²) >= 11 is 0. The van der Waals surface area contributed by atoms with E-state index in [9.17, 15) is 0 Å². The molecule has 0 aromatic heterocycles. The molecule has 120 valence electrons. The minimum atomic E-state index is 1.07. The maximum Gasteiger partial charge on any atom is -0.0414 e. The molecule has 0 N–H and O–H groups in total. The Labute approximate surface area is 129 Å². The third kappa shape index (κ3) is 6.64. The zero-order valence-corrected chi connectivity index (χ0v) is 14.8. The van der Waals surface area contributed by atoms with Crippen LogP contribution in [0.2, 0.25) is 0 Å². The molecule has 2 aliphatic rings. The van der Waals surface area contributed by atoms with Gasteiger partial charge in [-0.05, 0) is 36.5 Å². The van der Waals surface area contributed by atoms with Gasteiger partial charge in [0, 0.05) is 0 Å². The van der Waals surface area contributed by atoms with Gasteiger partial charge in [-0.2, -0.15) is 0 Å². The van der Waals surface area contributed by atoms with Gasteiger partial charge < -0.3 is 0 Å². The fraction of sp³-hybridized carbons (Fsp3) is 1.00. The van der Waals surface area contributed by atoms with Crippen molar-refractivity contribution in [2.45, 2.75) is 105 Å². The van der Waals surface area contributed by atoms with E-state index in [1.54, 1.807) is 0 Å². The van der Waals surface area contributed by atoms with Crippen LogP contribution >= 0.6 is 0 Å². The molecule has 0 amide bonds. The van der Waals surface area contributed by atoms with Crippen molar-refractivity contribution >= 4 is 0 Å². The molecule has 2 aliphatic carbocycles. The predicted octanol–water partition coefficient (Wildman–Crippen LogP) is 7.23. The fourth-order valence-corrected chi connectivity index (χ4v) is 4.29. The predicted molar refractivity (Wildman–Crippen MR) is 92.1 cm³/mol. The van der Waals surface area contributed by atoms with Crippen LogP contribution in [0, 0.1) is 23.7 Å². The first-order chi connectivity index (χ1) is 9.73. The molecule has 0 heteroatoms. The van der Waals surface area contributed by atoms with Crippen molar-refractivity contribution in [1.29, 1.82) is 0 Å². The largest absolute Gasteiger partial charge is 0.0651 e. The maximum atomic E-state index is 2.34. The van der Waals surface area contributed by atoms with Crippen LogP contribution in [0.1, 0.15) is 105 Å². The molecule has 4 unspecified atom stereocenters. The second-order valence-electron chi connectivity index (χ2n) is 7.43. The number of hydrogen-bond donors (Lipinski definition) is 0. The number of hydrogen-bond acceptors (Lipinski definition) is 0. The topological polar surface area (TPSA) is 0 Å². The zero-order valence-electron chi connectivity index (χ0n) is 14.8. The quantitative estimate of drug-likeness (QED) is 0.509. The molecule has 4 atom stereocenters. The summed E-state index contributed by atoms with van der Waals surface area (Å²) in [6.45, 7) is 9.34. The van der Waals surface area contributed by atoms with E-state index in [2.05, 4.69) is 27.7 Å². The molecule has 2 rings (SSSR count). The molecule has 0 aliphatic heterocycles. The molecule has 0 heterocycles. The molecule has 0 nitrogen and oxygen atoms in total. The van der Waals surface area contributed by atoms with Gasteiger partial charge in [0.25, 0.3) is 0 Å². The van der Waals surface area contributed by atoms with Crippen molar-refractivity contribution in [3.8, 4) is 0 Å². The molecule has 0 saturated heterocycles. The van der Waals surface area contributed by atoms with Crippen LogP contribution in [0.3, 0.4) is 0 Å². The summed E-state index contributed by atoms with van der Waals surface area (Å²) < 4.78 is 0. The van der Waals surface area contributed by atoms with E-state index in [4.69, 9.17) is 0 Å². The maximum absolute atomic E-state index is 2.34. The van der Waals surface area contributed by atoms with Gasteiger partial charge in [0.15, 0.2) is 0 Å². The van der Waals surface area contributed by atoms with Gasteiger partial charge in [-0.15, -0.1) is 0 Å². The lowest BCUT2D eigenvalue weighted by atomic mass is 9.79. The number of rotatable bonds is 4. The molecule has 0 aromatic carbocycles. The van der Waals surface area contributed by atoms with Crippen molar-refractivity contribution in [2.24, 2.45) is 23.7 Å². The Kier molecular flexibility index (Phi) is 9.65. The Morgan fingerprint density at radius 3 is 0.950 bits per heavy atom. The minimum absolute atomic E-state index is 1.07. The fourth-order valence-electron chi connectivity index (χ4n) is 4.29. The standard InChI is InChI=1S/2C10H20/c2*1-3-9-6-5-7-10(4-2)8-9/h2*9-10H,3-8H2,1-2H3. The Hall–Kier alpha value is 0. The van der Waals surface area contributed by atoms with E-state index in [1.807, 2.05) is 0 Å². The van der Waals surface area contributed by atoms with E-state index in [0.29, 0.717) is 0 Å². The average molecular weight is 281 g/mol. The summed E-state index contributed by atoms with van der Waals surface area (Å²) in [6, 6.07) is 0. The van der Waals surface area contributed by atoms with E-state index in [-0.39, 0.29) is 0 Å². The first-order valence-corrected chi connectivity index (χ1v) is 9.73. The SMILES string of the molecule is CCC1CCCC(CC)C1.CCC1CCCC(CC)C1.